The molecule has 4 aromatic carbocycles. The Morgan fingerprint density at radius 1 is 0.930 bits per heavy atom. The van der Waals surface area contributed by atoms with Crippen LogP contribution in [0.5, 0.6) is 5.75 Å². The van der Waals surface area contributed by atoms with Crippen molar-refractivity contribution in [2.45, 2.75) is 24.4 Å². The number of nitriles is 1. The van der Waals surface area contributed by atoms with Crippen LogP contribution in [0.2, 0.25) is 0 Å². The van der Waals surface area contributed by atoms with E-state index in [4.69, 9.17) is 4.74 Å². The summed E-state index contributed by atoms with van der Waals surface area (Å²) in [5, 5.41) is 12.2. The summed E-state index contributed by atoms with van der Waals surface area (Å²) in [6.07, 6.45) is 3.77. The molecule has 3 heterocycles. The summed E-state index contributed by atoms with van der Waals surface area (Å²) in [4.78, 5) is 46.2. The number of aryl methyl sites for hydroxylation is 1. The molecule has 4 aromatic rings. The minimum Gasteiger partial charge on any atom is -0.478 e. The molecule has 1 amide bonds. The number of nitrogens with zero attached hydrogens (tertiary/aromatic N) is 2. The van der Waals surface area contributed by atoms with E-state index >= 15 is 0 Å². The molecule has 3 aliphatic rings. The van der Waals surface area contributed by atoms with E-state index in [1.165, 1.54) is 0 Å². The van der Waals surface area contributed by atoms with Crippen LogP contribution in [0, 0.1) is 24.2 Å². The van der Waals surface area contributed by atoms with Gasteiger partial charge in [0.1, 0.15) is 23.3 Å². The highest BCUT2D eigenvalue weighted by molar-refractivity contribution is 6.17. The van der Waals surface area contributed by atoms with Crippen molar-refractivity contribution in [3.05, 3.63) is 137 Å². The van der Waals surface area contributed by atoms with Crippen molar-refractivity contribution in [3.8, 4) is 11.8 Å². The molecule has 0 radical (unpaired) electrons. The Kier molecular flexibility index (Phi) is 6.21. The van der Waals surface area contributed by atoms with Crippen molar-refractivity contribution < 1.29 is 19.1 Å². The molecule has 1 spiro atoms. The third-order valence-electron chi connectivity index (χ3n) is 8.90. The van der Waals surface area contributed by atoms with E-state index in [-0.39, 0.29) is 35.4 Å². The number of Topliss-reactive ketones (excluding diaryl/α,β-unsaturated/α-hetero) is 2. The van der Waals surface area contributed by atoms with Gasteiger partial charge in [0, 0.05) is 17.5 Å². The zero-order chi connectivity index (χ0) is 29.7. The lowest BCUT2D eigenvalue weighted by Crippen LogP contribution is -2.49. The van der Waals surface area contributed by atoms with E-state index in [0.717, 1.165) is 16.7 Å². The lowest BCUT2D eigenvalue weighted by Gasteiger charge is -2.38. The predicted molar refractivity (Wildman–Crippen MR) is 161 cm³/mol. The first-order valence-corrected chi connectivity index (χ1v) is 14.2. The highest BCUT2D eigenvalue weighted by Crippen LogP contribution is 2.62. The Labute approximate surface area is 249 Å². The number of ether oxygens (including phenoxy) is 1. The monoisotopic (exact) mass is 565 g/mol. The molecule has 0 aliphatic carbocycles. The lowest BCUT2D eigenvalue weighted by molar-refractivity contribution is -0.122. The standard InChI is InChI=1S/C36H27N3O4/c1-22-14-16-24(17-15-22)32(40)30-31(33(41)26-10-4-7-13-29(26)43-21-19-37)39-20-18-23-8-2-3-9-25(23)34(39)36(30)27-11-5-6-12-28(27)38-35(36)42/h2-18,20,30-31,34H,21H2,1H3,(H,38,42)/t30-,31+,34+,36-/m0/s1. The van der Waals surface area contributed by atoms with Crippen molar-refractivity contribution in [1.29, 1.82) is 5.26 Å². The number of para-hydroxylation sites is 2. The van der Waals surface area contributed by atoms with Gasteiger partial charge < -0.3 is 15.0 Å². The molecular weight excluding hydrogens is 538 g/mol. The Morgan fingerprint density at radius 3 is 2.47 bits per heavy atom. The number of amides is 1. The van der Waals surface area contributed by atoms with Gasteiger partial charge in [0.15, 0.2) is 18.2 Å². The van der Waals surface area contributed by atoms with Crippen LogP contribution in [0.15, 0.2) is 103 Å². The van der Waals surface area contributed by atoms with Gasteiger partial charge in [0.2, 0.25) is 5.91 Å². The molecule has 4 atom stereocenters. The number of rotatable bonds is 6. The number of hydrogen-bond donors (Lipinski definition) is 1. The number of hydrogen-bond acceptors (Lipinski definition) is 6. The molecule has 210 valence electrons. The van der Waals surface area contributed by atoms with Crippen molar-refractivity contribution in [1.82, 2.24) is 4.90 Å². The number of anilines is 1. The molecule has 0 unspecified atom stereocenters. The number of ketones is 2. The summed E-state index contributed by atoms with van der Waals surface area (Å²) in [5.41, 5.74) is 3.36. The van der Waals surface area contributed by atoms with Gasteiger partial charge in [-0.2, -0.15) is 5.26 Å². The summed E-state index contributed by atoms with van der Waals surface area (Å²) in [5.74, 6) is -1.80. The molecule has 1 fully saturated rings. The van der Waals surface area contributed by atoms with Gasteiger partial charge in [-0.05, 0) is 47.9 Å². The van der Waals surface area contributed by atoms with Crippen LogP contribution in [0.3, 0.4) is 0 Å². The molecule has 7 rings (SSSR count). The second-order valence-corrected chi connectivity index (χ2v) is 11.1. The maximum absolute atomic E-state index is 14.9. The van der Waals surface area contributed by atoms with Crippen LogP contribution in [0.4, 0.5) is 5.69 Å². The maximum atomic E-state index is 14.9. The van der Waals surface area contributed by atoms with Crippen LogP contribution in [-0.4, -0.2) is 35.0 Å². The highest BCUT2D eigenvalue weighted by atomic mass is 16.5. The Balaban J connectivity index is 1.52. The quantitative estimate of drug-likeness (QED) is 0.293. The van der Waals surface area contributed by atoms with Crippen molar-refractivity contribution in [2.75, 3.05) is 11.9 Å². The topological polar surface area (TPSA) is 99.5 Å². The molecule has 1 saturated heterocycles. The summed E-state index contributed by atoms with van der Waals surface area (Å²) >= 11 is 0. The van der Waals surface area contributed by atoms with Crippen LogP contribution < -0.4 is 10.1 Å². The fourth-order valence-corrected chi connectivity index (χ4v) is 7.13. The number of fused-ring (bicyclic) bond motifs is 6. The summed E-state index contributed by atoms with van der Waals surface area (Å²) < 4.78 is 5.66. The Morgan fingerprint density at radius 2 is 1.65 bits per heavy atom. The second kappa shape index (κ2) is 10.1. The molecule has 3 aliphatic heterocycles. The largest absolute Gasteiger partial charge is 0.478 e. The van der Waals surface area contributed by atoms with E-state index in [2.05, 4.69) is 5.32 Å². The molecular formula is C36H27N3O4. The third kappa shape index (κ3) is 3.84. The minimum atomic E-state index is -1.41. The van der Waals surface area contributed by atoms with Gasteiger partial charge >= 0.3 is 0 Å². The molecule has 1 N–H and O–H groups in total. The van der Waals surface area contributed by atoms with Gasteiger partial charge in [0.05, 0.1) is 17.5 Å². The normalized spacial score (nSPS) is 22.7. The molecule has 0 aromatic heterocycles. The van der Waals surface area contributed by atoms with E-state index in [1.807, 2.05) is 90.8 Å². The summed E-state index contributed by atoms with van der Waals surface area (Å²) in [6, 6.07) is 29.5. The van der Waals surface area contributed by atoms with E-state index in [9.17, 15) is 19.6 Å². The van der Waals surface area contributed by atoms with Crippen LogP contribution in [0.1, 0.15) is 49.0 Å². The number of carbonyl (C=O) groups excluding carboxylic acids is 3. The summed E-state index contributed by atoms with van der Waals surface area (Å²) in [6.45, 7) is 1.71. The summed E-state index contributed by atoms with van der Waals surface area (Å²) in [7, 11) is 0. The van der Waals surface area contributed by atoms with Crippen molar-refractivity contribution in [3.63, 3.8) is 0 Å². The van der Waals surface area contributed by atoms with E-state index < -0.39 is 23.4 Å². The molecule has 0 saturated carbocycles. The fourth-order valence-electron chi connectivity index (χ4n) is 7.13. The fraction of sp³-hybridized carbons (Fsp3) is 0.167. The number of benzene rings is 4. The second-order valence-electron chi connectivity index (χ2n) is 11.1. The van der Waals surface area contributed by atoms with Crippen LogP contribution in [-0.2, 0) is 10.2 Å². The average Bonchev–Trinajstić information content (AvgIpc) is 3.52. The van der Waals surface area contributed by atoms with Crippen molar-refractivity contribution in [2.24, 2.45) is 5.92 Å². The minimum absolute atomic E-state index is 0.236. The number of nitrogens with one attached hydrogen (secondary N) is 1. The molecule has 7 heteroatoms. The van der Waals surface area contributed by atoms with Crippen molar-refractivity contribution >= 4 is 29.2 Å². The predicted octanol–water partition coefficient (Wildman–Crippen LogP) is 5.88. The van der Waals surface area contributed by atoms with Gasteiger partial charge in [0.25, 0.3) is 0 Å². The van der Waals surface area contributed by atoms with Gasteiger partial charge in [-0.3, -0.25) is 14.4 Å². The van der Waals surface area contributed by atoms with E-state index in [1.54, 1.807) is 36.4 Å². The number of carbonyl (C=O) groups is 3. The first-order chi connectivity index (χ1) is 21.0. The van der Waals surface area contributed by atoms with Crippen LogP contribution >= 0.6 is 0 Å². The van der Waals surface area contributed by atoms with Crippen LogP contribution in [0.25, 0.3) is 6.08 Å². The molecule has 43 heavy (non-hydrogen) atoms. The third-order valence-corrected chi connectivity index (χ3v) is 8.90. The maximum Gasteiger partial charge on any atom is 0.238 e. The van der Waals surface area contributed by atoms with Gasteiger partial charge in [-0.25, -0.2) is 0 Å². The molecule has 0 bridgehead atoms. The highest BCUT2D eigenvalue weighted by Gasteiger charge is 2.70. The van der Waals surface area contributed by atoms with E-state index in [0.29, 0.717) is 16.8 Å². The first-order valence-electron chi connectivity index (χ1n) is 14.2. The SMILES string of the molecule is Cc1ccc(C(=O)[C@@H]2[C@H](C(=O)c3ccccc3OCC#N)N3C=Cc4ccccc4[C@@H]3[C@@]23C(=O)Nc2ccccc23)cc1. The first kappa shape index (κ1) is 26.4. The smallest absolute Gasteiger partial charge is 0.238 e. The van der Waals surface area contributed by atoms with Gasteiger partial charge in [-0.15, -0.1) is 0 Å². The lowest BCUT2D eigenvalue weighted by atomic mass is 9.62. The Bertz CT molecular complexity index is 1870. The molecule has 7 nitrogen and oxygen atoms in total. The Hall–Kier alpha value is -5.48. The van der Waals surface area contributed by atoms with Gasteiger partial charge in [-0.1, -0.05) is 84.4 Å². The average molecular weight is 566 g/mol. The zero-order valence-electron chi connectivity index (χ0n) is 23.4. The zero-order valence-corrected chi connectivity index (χ0v) is 23.4.